The monoisotopic (exact) mass is 396 g/mol. The molecule has 2 aliphatic heterocycles. The summed E-state index contributed by atoms with van der Waals surface area (Å²) < 4.78 is 9.11. The molecule has 3 aromatic rings. The molecule has 0 bridgehead atoms. The number of rotatable bonds is 4. The minimum absolute atomic E-state index is 0.185. The van der Waals surface area contributed by atoms with Crippen molar-refractivity contribution in [1.29, 1.82) is 0 Å². The van der Waals surface area contributed by atoms with Crippen molar-refractivity contribution in [2.75, 3.05) is 31.2 Å². The number of nitrogens with zero attached hydrogens (tertiary/aromatic N) is 10. The van der Waals surface area contributed by atoms with Gasteiger partial charge in [0, 0.05) is 18.5 Å². The number of anilines is 1. The van der Waals surface area contributed by atoms with E-state index in [1.165, 1.54) is 0 Å². The SMILES string of the molecule is CC(C)(C)c1nc(N2CC3(COC3)C2)c2nnn(Cc3nnnn3C3CC3)c2n1. The standard InChI is InChI=1S/C18H24N10O/c1-17(2,3)16-19-14(26-7-18(8-26)9-29-10-18)13-15(20-16)27(24-22-13)6-12-21-23-25-28(12)11-4-5-11/h11H,4-10H2,1-3H3. The van der Waals surface area contributed by atoms with Gasteiger partial charge in [-0.3, -0.25) is 0 Å². The normalized spacial score (nSPS) is 20.9. The smallest absolute Gasteiger partial charge is 0.184 e. The van der Waals surface area contributed by atoms with Crippen molar-refractivity contribution >= 4 is 17.0 Å². The maximum Gasteiger partial charge on any atom is 0.184 e. The summed E-state index contributed by atoms with van der Waals surface area (Å²) in [6.07, 6.45) is 2.24. The van der Waals surface area contributed by atoms with Gasteiger partial charge in [-0.25, -0.2) is 19.3 Å². The van der Waals surface area contributed by atoms with Crippen molar-refractivity contribution in [3.63, 3.8) is 0 Å². The van der Waals surface area contributed by atoms with Crippen LogP contribution in [0.3, 0.4) is 0 Å². The lowest BCUT2D eigenvalue weighted by molar-refractivity contribution is -0.127. The maximum atomic E-state index is 5.42. The van der Waals surface area contributed by atoms with Crippen molar-refractivity contribution < 1.29 is 4.74 Å². The molecule has 1 saturated carbocycles. The van der Waals surface area contributed by atoms with E-state index in [9.17, 15) is 0 Å². The number of hydrogen-bond acceptors (Lipinski definition) is 9. The third kappa shape index (κ3) is 2.70. The van der Waals surface area contributed by atoms with Crippen LogP contribution in [0.4, 0.5) is 5.82 Å². The zero-order valence-electron chi connectivity index (χ0n) is 16.9. The molecule has 1 aliphatic carbocycles. The van der Waals surface area contributed by atoms with E-state index in [1.807, 2.05) is 4.68 Å². The van der Waals surface area contributed by atoms with Crippen molar-refractivity contribution in [2.24, 2.45) is 5.41 Å². The summed E-state index contributed by atoms with van der Waals surface area (Å²) in [6.45, 7) is 10.4. The Labute approximate surface area is 167 Å². The second-order valence-corrected chi connectivity index (χ2v) is 9.66. The van der Waals surface area contributed by atoms with Gasteiger partial charge in [0.05, 0.1) is 24.7 Å². The third-order valence-electron chi connectivity index (χ3n) is 5.93. The highest BCUT2D eigenvalue weighted by molar-refractivity contribution is 5.83. The largest absolute Gasteiger partial charge is 0.380 e. The van der Waals surface area contributed by atoms with E-state index in [0.29, 0.717) is 18.0 Å². The van der Waals surface area contributed by atoms with Crippen LogP contribution in [-0.2, 0) is 16.7 Å². The molecule has 3 aromatic heterocycles. The molecule has 11 nitrogen and oxygen atoms in total. The molecule has 6 rings (SSSR count). The van der Waals surface area contributed by atoms with Gasteiger partial charge in [0.1, 0.15) is 12.4 Å². The molecule has 0 atom stereocenters. The van der Waals surface area contributed by atoms with Crippen LogP contribution >= 0.6 is 0 Å². The van der Waals surface area contributed by atoms with Gasteiger partial charge in [-0.05, 0) is 23.3 Å². The summed E-state index contributed by atoms with van der Waals surface area (Å²) in [4.78, 5) is 12.0. The maximum absolute atomic E-state index is 5.42. The fourth-order valence-electron chi connectivity index (χ4n) is 4.04. The Kier molecular flexibility index (Phi) is 3.37. The van der Waals surface area contributed by atoms with Gasteiger partial charge in [-0.1, -0.05) is 26.0 Å². The molecule has 5 heterocycles. The number of aromatic nitrogens is 9. The second-order valence-electron chi connectivity index (χ2n) is 9.66. The molecule has 0 unspecified atom stereocenters. The van der Waals surface area contributed by atoms with E-state index in [2.05, 4.69) is 51.5 Å². The van der Waals surface area contributed by atoms with Crippen LogP contribution in [0.15, 0.2) is 0 Å². The summed E-state index contributed by atoms with van der Waals surface area (Å²) in [5.41, 5.74) is 1.58. The molecule has 3 fully saturated rings. The average Bonchev–Trinajstić information content (AvgIpc) is 3.20. The highest BCUT2D eigenvalue weighted by Gasteiger charge is 2.50. The summed E-state index contributed by atoms with van der Waals surface area (Å²) in [5.74, 6) is 2.44. The fraction of sp³-hybridized carbons (Fsp3) is 0.722. The molecule has 0 radical (unpaired) electrons. The lowest BCUT2D eigenvalue weighted by atomic mass is 9.78. The van der Waals surface area contributed by atoms with Crippen LogP contribution < -0.4 is 4.90 Å². The van der Waals surface area contributed by atoms with Gasteiger partial charge in [0.2, 0.25) is 0 Å². The van der Waals surface area contributed by atoms with Crippen LogP contribution in [0.25, 0.3) is 11.2 Å². The molecule has 0 aromatic carbocycles. The Balaban J connectivity index is 1.41. The highest BCUT2D eigenvalue weighted by atomic mass is 16.5. The Bertz CT molecular complexity index is 1080. The zero-order chi connectivity index (χ0) is 19.8. The first-order valence-electron chi connectivity index (χ1n) is 10.1. The fourth-order valence-corrected chi connectivity index (χ4v) is 4.04. The Morgan fingerprint density at radius 3 is 2.52 bits per heavy atom. The quantitative estimate of drug-likeness (QED) is 0.629. The lowest BCUT2D eigenvalue weighted by Gasteiger charge is -2.55. The summed E-state index contributed by atoms with van der Waals surface area (Å²) in [6, 6.07) is 0.409. The van der Waals surface area contributed by atoms with E-state index < -0.39 is 0 Å². The summed E-state index contributed by atoms with van der Waals surface area (Å²) in [7, 11) is 0. The van der Waals surface area contributed by atoms with Crippen LogP contribution in [0, 0.1) is 5.41 Å². The van der Waals surface area contributed by atoms with E-state index in [1.54, 1.807) is 4.68 Å². The van der Waals surface area contributed by atoms with Gasteiger partial charge in [0.15, 0.2) is 22.8 Å². The van der Waals surface area contributed by atoms with E-state index >= 15 is 0 Å². The molecule has 11 heteroatoms. The Morgan fingerprint density at radius 2 is 1.86 bits per heavy atom. The average molecular weight is 396 g/mol. The van der Waals surface area contributed by atoms with Crippen LogP contribution in [0.1, 0.15) is 51.3 Å². The predicted octanol–water partition coefficient (Wildman–Crippen LogP) is 0.725. The lowest BCUT2D eigenvalue weighted by Crippen LogP contribution is -2.66. The van der Waals surface area contributed by atoms with Crippen molar-refractivity contribution in [1.82, 2.24) is 45.2 Å². The van der Waals surface area contributed by atoms with E-state index in [4.69, 9.17) is 14.7 Å². The number of ether oxygens (including phenoxy) is 1. The Hall–Kier alpha value is -2.69. The van der Waals surface area contributed by atoms with E-state index in [0.717, 1.165) is 67.8 Å². The molecular formula is C18H24N10O. The third-order valence-corrected chi connectivity index (χ3v) is 5.93. The molecule has 0 N–H and O–H groups in total. The molecule has 152 valence electrons. The first kappa shape index (κ1) is 17.2. The molecule has 0 amide bonds. The number of tetrazole rings is 1. The van der Waals surface area contributed by atoms with Gasteiger partial charge in [-0.15, -0.1) is 10.2 Å². The second kappa shape index (κ2) is 5.68. The molecule has 2 saturated heterocycles. The van der Waals surface area contributed by atoms with Crippen LogP contribution in [-0.4, -0.2) is 71.5 Å². The van der Waals surface area contributed by atoms with Crippen molar-refractivity contribution in [3.05, 3.63) is 11.6 Å². The minimum Gasteiger partial charge on any atom is -0.380 e. The van der Waals surface area contributed by atoms with E-state index in [-0.39, 0.29) is 5.41 Å². The molecule has 29 heavy (non-hydrogen) atoms. The van der Waals surface area contributed by atoms with Gasteiger partial charge < -0.3 is 9.64 Å². The topological polar surface area (TPSA) is 113 Å². The Morgan fingerprint density at radius 1 is 1.07 bits per heavy atom. The van der Waals surface area contributed by atoms with Gasteiger partial charge in [0.25, 0.3) is 0 Å². The van der Waals surface area contributed by atoms with Crippen LogP contribution in [0.5, 0.6) is 0 Å². The van der Waals surface area contributed by atoms with Gasteiger partial charge >= 0.3 is 0 Å². The molecular weight excluding hydrogens is 372 g/mol. The number of fused-ring (bicyclic) bond motifs is 1. The van der Waals surface area contributed by atoms with Crippen molar-refractivity contribution in [3.8, 4) is 0 Å². The van der Waals surface area contributed by atoms with Gasteiger partial charge in [-0.2, -0.15) is 0 Å². The first-order valence-corrected chi connectivity index (χ1v) is 10.1. The summed E-state index contributed by atoms with van der Waals surface area (Å²) >= 11 is 0. The van der Waals surface area contributed by atoms with Crippen molar-refractivity contribution in [2.45, 2.75) is 51.6 Å². The zero-order valence-corrected chi connectivity index (χ0v) is 16.9. The minimum atomic E-state index is -0.185. The molecule has 1 spiro atoms. The van der Waals surface area contributed by atoms with Crippen LogP contribution in [0.2, 0.25) is 0 Å². The molecule has 3 aliphatic rings. The predicted molar refractivity (Wildman–Crippen MR) is 102 cm³/mol. The number of hydrogen-bond donors (Lipinski definition) is 0. The highest BCUT2D eigenvalue weighted by Crippen LogP contribution is 2.41. The first-order chi connectivity index (χ1) is 13.9. The summed E-state index contributed by atoms with van der Waals surface area (Å²) in [5, 5.41) is 21.0.